The van der Waals surface area contributed by atoms with Gasteiger partial charge in [-0.25, -0.2) is 13.8 Å². The van der Waals surface area contributed by atoms with Crippen LogP contribution in [0.1, 0.15) is 18.9 Å². The van der Waals surface area contributed by atoms with Crippen molar-refractivity contribution in [1.82, 2.24) is 4.57 Å². The largest absolute Gasteiger partial charge is 0.454 e. The topological polar surface area (TPSA) is 30.4 Å². The Labute approximate surface area is 151 Å². The summed E-state index contributed by atoms with van der Waals surface area (Å²) in [5.74, 6) is -0.493. The molecule has 0 radical (unpaired) electrons. The maximum absolute atomic E-state index is 14.0. The van der Waals surface area contributed by atoms with E-state index in [-0.39, 0.29) is 5.69 Å². The zero-order valence-corrected chi connectivity index (χ0v) is 14.5. The Morgan fingerprint density at radius 3 is 2.69 bits per heavy atom. The van der Waals surface area contributed by atoms with E-state index in [2.05, 4.69) is 9.56 Å². The number of rotatable bonds is 3. The molecular formula is C20H14F2N2OS. The van der Waals surface area contributed by atoms with Crippen LogP contribution in [0.2, 0.25) is 0 Å². The van der Waals surface area contributed by atoms with Gasteiger partial charge in [-0.3, -0.25) is 0 Å². The number of para-hydroxylation sites is 1. The van der Waals surface area contributed by atoms with Gasteiger partial charge in [0.25, 0.3) is 0 Å². The molecule has 130 valence electrons. The molecule has 5 rings (SSSR count). The van der Waals surface area contributed by atoms with E-state index in [1.165, 1.54) is 23.5 Å². The van der Waals surface area contributed by atoms with E-state index in [0.717, 1.165) is 41.3 Å². The summed E-state index contributed by atoms with van der Waals surface area (Å²) in [5.41, 5.74) is 1.91. The molecule has 1 aliphatic rings. The van der Waals surface area contributed by atoms with Crippen LogP contribution in [0.15, 0.2) is 63.3 Å². The quantitative estimate of drug-likeness (QED) is 0.449. The number of aromatic nitrogens is 1. The van der Waals surface area contributed by atoms with Crippen LogP contribution in [0, 0.1) is 11.6 Å². The number of thiazole rings is 1. The zero-order valence-electron chi connectivity index (χ0n) is 13.7. The van der Waals surface area contributed by atoms with Crippen LogP contribution in [0.25, 0.3) is 22.4 Å². The molecule has 2 heterocycles. The van der Waals surface area contributed by atoms with Gasteiger partial charge in [0.15, 0.2) is 16.4 Å². The number of halogens is 2. The highest BCUT2D eigenvalue weighted by molar-refractivity contribution is 7.07. The third kappa shape index (κ3) is 2.66. The second-order valence-corrected chi connectivity index (χ2v) is 7.20. The molecule has 0 aliphatic heterocycles. The fourth-order valence-corrected chi connectivity index (χ4v) is 4.01. The van der Waals surface area contributed by atoms with Gasteiger partial charge in [-0.2, -0.15) is 0 Å². The van der Waals surface area contributed by atoms with Crippen molar-refractivity contribution in [2.75, 3.05) is 0 Å². The van der Waals surface area contributed by atoms with Crippen LogP contribution < -0.4 is 4.80 Å². The lowest BCUT2D eigenvalue weighted by atomic mass is 10.2. The summed E-state index contributed by atoms with van der Waals surface area (Å²) >= 11 is 1.43. The van der Waals surface area contributed by atoms with Crippen LogP contribution in [0.4, 0.5) is 14.5 Å². The highest BCUT2D eigenvalue weighted by atomic mass is 32.1. The standard InChI is InChI=1S/C20H14F2N2OS/c21-13-5-8-16(15(22)10-13)23-20-24(14-6-7-14)17(11-26-20)19-9-12-3-1-2-4-18(12)25-19/h1-5,8-11,14H,6-7H2. The normalized spacial score (nSPS) is 15.1. The minimum Gasteiger partial charge on any atom is -0.454 e. The molecule has 26 heavy (non-hydrogen) atoms. The summed E-state index contributed by atoms with van der Waals surface area (Å²) in [6, 6.07) is 13.7. The van der Waals surface area contributed by atoms with Gasteiger partial charge in [0.1, 0.15) is 17.1 Å². The Morgan fingerprint density at radius 1 is 1.08 bits per heavy atom. The lowest BCUT2D eigenvalue weighted by Crippen LogP contribution is -2.14. The maximum Gasteiger partial charge on any atom is 0.190 e. The average molecular weight is 368 g/mol. The summed E-state index contributed by atoms with van der Waals surface area (Å²) in [5, 5.41) is 3.02. The second kappa shape index (κ2) is 5.92. The van der Waals surface area contributed by atoms with Crippen molar-refractivity contribution in [1.29, 1.82) is 0 Å². The Hall–Kier alpha value is -2.73. The molecule has 1 aliphatic carbocycles. The minimum absolute atomic E-state index is 0.138. The van der Waals surface area contributed by atoms with Crippen LogP contribution >= 0.6 is 11.3 Å². The molecule has 4 aromatic rings. The van der Waals surface area contributed by atoms with Crippen LogP contribution in [-0.2, 0) is 0 Å². The Kier molecular flexibility index (Phi) is 3.53. The van der Waals surface area contributed by atoms with Crippen molar-refractivity contribution in [2.45, 2.75) is 18.9 Å². The van der Waals surface area contributed by atoms with Gasteiger partial charge in [0, 0.05) is 22.9 Å². The predicted molar refractivity (Wildman–Crippen MR) is 97.4 cm³/mol. The predicted octanol–water partition coefficient (Wildman–Crippen LogP) is 5.81. The number of benzene rings is 2. The highest BCUT2D eigenvalue weighted by Crippen LogP contribution is 2.39. The Balaban J connectivity index is 1.67. The molecular weight excluding hydrogens is 354 g/mol. The highest BCUT2D eigenvalue weighted by Gasteiger charge is 2.28. The SMILES string of the molecule is Fc1ccc(N=c2scc(-c3cc4ccccc4o3)n2C2CC2)c(F)c1. The number of hydrogen-bond acceptors (Lipinski definition) is 3. The molecule has 1 saturated carbocycles. The fourth-order valence-electron chi connectivity index (χ4n) is 3.05. The third-order valence-electron chi connectivity index (χ3n) is 4.46. The zero-order chi connectivity index (χ0) is 17.7. The van der Waals surface area contributed by atoms with Crippen molar-refractivity contribution in [3.63, 3.8) is 0 Å². The van der Waals surface area contributed by atoms with Crippen molar-refractivity contribution in [2.24, 2.45) is 4.99 Å². The molecule has 3 nitrogen and oxygen atoms in total. The molecule has 6 heteroatoms. The van der Waals surface area contributed by atoms with E-state index in [9.17, 15) is 8.78 Å². The van der Waals surface area contributed by atoms with E-state index in [0.29, 0.717) is 10.8 Å². The first-order valence-electron chi connectivity index (χ1n) is 8.38. The molecule has 0 atom stereocenters. The summed E-state index contributed by atoms with van der Waals surface area (Å²) in [7, 11) is 0. The van der Waals surface area contributed by atoms with E-state index >= 15 is 0 Å². The third-order valence-corrected chi connectivity index (χ3v) is 5.30. The van der Waals surface area contributed by atoms with E-state index in [4.69, 9.17) is 4.42 Å². The average Bonchev–Trinajstić information content (AvgIpc) is 3.23. The molecule has 0 N–H and O–H groups in total. The lowest BCUT2D eigenvalue weighted by molar-refractivity contribution is 0.583. The monoisotopic (exact) mass is 368 g/mol. The van der Waals surface area contributed by atoms with E-state index in [1.54, 1.807) is 0 Å². The van der Waals surface area contributed by atoms with Gasteiger partial charge in [-0.15, -0.1) is 11.3 Å². The van der Waals surface area contributed by atoms with Gasteiger partial charge in [0.2, 0.25) is 0 Å². The minimum atomic E-state index is -0.661. The molecule has 2 aromatic heterocycles. The van der Waals surface area contributed by atoms with Crippen LogP contribution in [0.3, 0.4) is 0 Å². The molecule has 1 fully saturated rings. The molecule has 0 bridgehead atoms. The molecule has 0 unspecified atom stereocenters. The van der Waals surface area contributed by atoms with Gasteiger partial charge in [-0.05, 0) is 37.1 Å². The van der Waals surface area contributed by atoms with Crippen LogP contribution in [-0.4, -0.2) is 4.57 Å². The van der Waals surface area contributed by atoms with Crippen molar-refractivity contribution in [3.05, 3.63) is 70.3 Å². The van der Waals surface area contributed by atoms with Gasteiger partial charge < -0.3 is 8.98 Å². The van der Waals surface area contributed by atoms with Crippen LogP contribution in [0.5, 0.6) is 0 Å². The van der Waals surface area contributed by atoms with E-state index < -0.39 is 11.6 Å². The Bertz CT molecular complexity index is 1150. The summed E-state index contributed by atoms with van der Waals surface area (Å²) in [6.45, 7) is 0. The first-order chi connectivity index (χ1) is 12.7. The maximum atomic E-state index is 14.0. The smallest absolute Gasteiger partial charge is 0.190 e. The van der Waals surface area contributed by atoms with E-state index in [1.807, 2.05) is 35.7 Å². The van der Waals surface area contributed by atoms with Crippen molar-refractivity contribution in [3.8, 4) is 11.5 Å². The number of hydrogen-bond donors (Lipinski definition) is 0. The summed E-state index contributed by atoms with van der Waals surface area (Å²) in [4.78, 5) is 5.13. The Morgan fingerprint density at radius 2 is 1.92 bits per heavy atom. The fraction of sp³-hybridized carbons (Fsp3) is 0.150. The molecule has 0 amide bonds. The van der Waals surface area contributed by atoms with Gasteiger partial charge in [0.05, 0.1) is 5.69 Å². The summed E-state index contributed by atoms with van der Waals surface area (Å²) < 4.78 is 35.2. The van der Waals surface area contributed by atoms with Crippen molar-refractivity contribution < 1.29 is 13.2 Å². The number of fused-ring (bicyclic) bond motifs is 1. The molecule has 0 saturated heterocycles. The summed E-state index contributed by atoms with van der Waals surface area (Å²) in [6.07, 6.45) is 2.12. The first kappa shape index (κ1) is 15.5. The lowest BCUT2D eigenvalue weighted by Gasteiger charge is -2.05. The molecule has 2 aromatic carbocycles. The van der Waals surface area contributed by atoms with Crippen molar-refractivity contribution >= 4 is 28.0 Å². The number of furan rings is 1. The van der Waals surface area contributed by atoms with Gasteiger partial charge >= 0.3 is 0 Å². The second-order valence-electron chi connectivity index (χ2n) is 6.36. The number of nitrogens with zero attached hydrogens (tertiary/aromatic N) is 2. The van der Waals surface area contributed by atoms with Gasteiger partial charge in [-0.1, -0.05) is 18.2 Å². The molecule has 0 spiro atoms. The first-order valence-corrected chi connectivity index (χ1v) is 9.26.